The molecule has 222 valence electrons. The first-order chi connectivity index (χ1) is 21.3. The largest absolute Gasteiger partial charge is 0.508 e. The van der Waals surface area contributed by atoms with Crippen molar-refractivity contribution in [2.24, 2.45) is 5.92 Å². The average molecular weight is 589 g/mol. The zero-order chi connectivity index (χ0) is 30.4. The zero-order valence-corrected chi connectivity index (χ0v) is 24.6. The lowest BCUT2D eigenvalue weighted by molar-refractivity contribution is -0.117. The molecule has 1 aliphatic rings. The van der Waals surface area contributed by atoms with E-state index < -0.39 is 5.82 Å². The van der Waals surface area contributed by atoms with Crippen LogP contribution in [0.5, 0.6) is 5.75 Å². The minimum Gasteiger partial charge on any atom is -0.508 e. The second-order valence-electron chi connectivity index (χ2n) is 11.8. The molecule has 9 heteroatoms. The molecule has 0 radical (unpaired) electrons. The van der Waals surface area contributed by atoms with E-state index in [1.807, 2.05) is 44.2 Å². The third kappa shape index (κ3) is 5.42. The van der Waals surface area contributed by atoms with Crippen LogP contribution in [0.4, 0.5) is 10.1 Å². The molecule has 1 amide bonds. The van der Waals surface area contributed by atoms with Crippen molar-refractivity contribution >= 4 is 33.5 Å². The molecular formula is C35H33FN6O2. The molecule has 1 aliphatic heterocycles. The minimum absolute atomic E-state index is 0.0427. The fourth-order valence-corrected chi connectivity index (χ4v) is 6.32. The van der Waals surface area contributed by atoms with Gasteiger partial charge in [-0.2, -0.15) is 5.10 Å². The van der Waals surface area contributed by atoms with Gasteiger partial charge in [0.05, 0.1) is 11.4 Å². The highest BCUT2D eigenvalue weighted by atomic mass is 19.1. The summed E-state index contributed by atoms with van der Waals surface area (Å²) in [6, 6.07) is 18.1. The number of nitrogens with one attached hydrogen (secondary N) is 4. The molecule has 7 rings (SSSR count). The standard InChI is InChI=1S/C35H33FN6O2/c1-19-9-22(13-26(10-19)39-32(44)11-21-5-7-37-8-6-21)24-15-30-34(41-42-35(30)38-18-24)31-17-29-28(4-3-20(2)33(29)40-31)23-12-25(36)16-27(43)14-23/h3-4,9-10,12-18,21,37,40,43H,5-8,11H2,1-2H3,(H,39,44)(H,38,41,42). The van der Waals surface area contributed by atoms with E-state index in [0.717, 1.165) is 93.2 Å². The van der Waals surface area contributed by atoms with E-state index in [0.29, 0.717) is 23.5 Å². The topological polar surface area (TPSA) is 119 Å². The number of anilines is 1. The summed E-state index contributed by atoms with van der Waals surface area (Å²) in [5.74, 6) is -0.162. The number of aromatic nitrogens is 4. The summed E-state index contributed by atoms with van der Waals surface area (Å²) in [6.45, 7) is 5.97. The Labute approximate surface area is 253 Å². The van der Waals surface area contributed by atoms with Crippen LogP contribution in [0.2, 0.25) is 0 Å². The fourth-order valence-electron chi connectivity index (χ4n) is 6.32. The van der Waals surface area contributed by atoms with Crippen molar-refractivity contribution in [3.63, 3.8) is 0 Å². The molecule has 1 fully saturated rings. The van der Waals surface area contributed by atoms with Crippen LogP contribution in [0.3, 0.4) is 0 Å². The lowest BCUT2D eigenvalue weighted by Gasteiger charge is -2.22. The van der Waals surface area contributed by atoms with Crippen LogP contribution < -0.4 is 10.6 Å². The van der Waals surface area contributed by atoms with E-state index in [4.69, 9.17) is 0 Å². The van der Waals surface area contributed by atoms with Crippen molar-refractivity contribution in [1.82, 2.24) is 25.5 Å². The smallest absolute Gasteiger partial charge is 0.224 e. The lowest BCUT2D eigenvalue weighted by atomic mass is 9.94. The highest BCUT2D eigenvalue weighted by Gasteiger charge is 2.19. The maximum absolute atomic E-state index is 14.2. The van der Waals surface area contributed by atoms with Gasteiger partial charge in [-0.05, 0) is 110 Å². The number of pyridine rings is 1. The van der Waals surface area contributed by atoms with Crippen LogP contribution >= 0.6 is 0 Å². The van der Waals surface area contributed by atoms with Crippen molar-refractivity contribution < 1.29 is 14.3 Å². The maximum Gasteiger partial charge on any atom is 0.224 e. The van der Waals surface area contributed by atoms with Crippen LogP contribution in [0.1, 0.15) is 30.4 Å². The summed E-state index contributed by atoms with van der Waals surface area (Å²) < 4.78 is 14.2. The van der Waals surface area contributed by atoms with E-state index >= 15 is 0 Å². The van der Waals surface area contributed by atoms with Gasteiger partial charge in [-0.1, -0.05) is 18.2 Å². The third-order valence-corrected chi connectivity index (χ3v) is 8.50. The van der Waals surface area contributed by atoms with Crippen molar-refractivity contribution in [2.75, 3.05) is 18.4 Å². The van der Waals surface area contributed by atoms with Crippen LogP contribution in [0.15, 0.2) is 66.9 Å². The van der Waals surface area contributed by atoms with Crippen LogP contribution in [-0.4, -0.2) is 44.3 Å². The van der Waals surface area contributed by atoms with E-state index in [-0.39, 0.29) is 11.7 Å². The number of hydrogen-bond acceptors (Lipinski definition) is 5. The van der Waals surface area contributed by atoms with E-state index in [1.165, 1.54) is 6.07 Å². The van der Waals surface area contributed by atoms with Gasteiger partial charge >= 0.3 is 0 Å². The molecule has 1 saturated heterocycles. The molecule has 0 atom stereocenters. The zero-order valence-electron chi connectivity index (χ0n) is 24.6. The van der Waals surface area contributed by atoms with Gasteiger partial charge in [0.1, 0.15) is 11.6 Å². The number of benzene rings is 3. The summed E-state index contributed by atoms with van der Waals surface area (Å²) in [5.41, 5.74) is 9.18. The first-order valence-electron chi connectivity index (χ1n) is 14.9. The van der Waals surface area contributed by atoms with Gasteiger partial charge in [0, 0.05) is 46.2 Å². The molecule has 3 aromatic carbocycles. The number of fused-ring (bicyclic) bond motifs is 2. The molecule has 6 aromatic rings. The van der Waals surface area contributed by atoms with Gasteiger partial charge in [-0.15, -0.1) is 0 Å². The second kappa shape index (κ2) is 11.2. The van der Waals surface area contributed by atoms with E-state index in [2.05, 4.69) is 42.9 Å². The normalized spacial score (nSPS) is 14.0. The summed E-state index contributed by atoms with van der Waals surface area (Å²) >= 11 is 0. The molecule has 4 heterocycles. The number of phenolic OH excluding ortho intramolecular Hbond substituents is 1. The van der Waals surface area contributed by atoms with Crippen molar-refractivity contribution in [1.29, 1.82) is 0 Å². The van der Waals surface area contributed by atoms with Crippen LogP contribution in [0, 0.1) is 25.6 Å². The van der Waals surface area contributed by atoms with Crippen molar-refractivity contribution in [3.05, 3.63) is 83.8 Å². The number of carbonyl (C=O) groups is 1. The summed E-state index contributed by atoms with van der Waals surface area (Å²) in [6.07, 6.45) is 4.38. The SMILES string of the molecule is Cc1cc(NC(=O)CC2CCNCC2)cc(-c2cnc3n[nH]c(-c4cc5c(-c6cc(O)cc(F)c6)ccc(C)c5[nH]4)c3c2)c1. The lowest BCUT2D eigenvalue weighted by Crippen LogP contribution is -2.30. The van der Waals surface area contributed by atoms with E-state index in [9.17, 15) is 14.3 Å². The number of phenols is 1. The Hall–Kier alpha value is -5.02. The number of carbonyl (C=O) groups excluding carboxylic acids is 1. The van der Waals surface area contributed by atoms with Gasteiger partial charge in [0.25, 0.3) is 0 Å². The Bertz CT molecular complexity index is 2020. The van der Waals surface area contributed by atoms with Crippen molar-refractivity contribution in [3.8, 4) is 39.4 Å². The van der Waals surface area contributed by atoms with Gasteiger partial charge in [-0.25, -0.2) is 9.37 Å². The first kappa shape index (κ1) is 27.8. The molecular weight excluding hydrogens is 555 g/mol. The predicted octanol–water partition coefficient (Wildman–Crippen LogP) is 7.23. The fraction of sp³-hybridized carbons (Fsp3) is 0.229. The first-order valence-corrected chi connectivity index (χ1v) is 14.9. The van der Waals surface area contributed by atoms with Gasteiger partial charge in [-0.3, -0.25) is 9.89 Å². The van der Waals surface area contributed by atoms with Crippen LogP contribution in [0.25, 0.3) is 55.6 Å². The quantitative estimate of drug-likeness (QED) is 0.141. The molecule has 0 saturated carbocycles. The summed E-state index contributed by atoms with van der Waals surface area (Å²) in [4.78, 5) is 21.0. The molecule has 0 spiro atoms. The second-order valence-corrected chi connectivity index (χ2v) is 11.8. The van der Waals surface area contributed by atoms with Gasteiger partial charge in [0.15, 0.2) is 5.65 Å². The molecule has 3 aromatic heterocycles. The number of piperidine rings is 1. The number of rotatable bonds is 6. The Morgan fingerprint density at radius 2 is 1.82 bits per heavy atom. The molecule has 0 unspecified atom stereocenters. The molecule has 0 bridgehead atoms. The third-order valence-electron chi connectivity index (χ3n) is 8.50. The maximum atomic E-state index is 14.2. The number of aromatic amines is 2. The average Bonchev–Trinajstić information content (AvgIpc) is 3.62. The van der Waals surface area contributed by atoms with Crippen molar-refractivity contribution in [2.45, 2.75) is 33.1 Å². The number of hydrogen-bond donors (Lipinski definition) is 5. The minimum atomic E-state index is -0.497. The Kier molecular flexibility index (Phi) is 7.10. The van der Waals surface area contributed by atoms with Gasteiger partial charge in [0.2, 0.25) is 5.91 Å². The monoisotopic (exact) mass is 588 g/mol. The number of amides is 1. The molecule has 44 heavy (non-hydrogen) atoms. The summed E-state index contributed by atoms with van der Waals surface area (Å²) in [7, 11) is 0. The number of H-pyrrole nitrogens is 2. The number of nitrogens with zero attached hydrogens (tertiary/aromatic N) is 2. The highest BCUT2D eigenvalue weighted by Crippen LogP contribution is 2.37. The van der Waals surface area contributed by atoms with Gasteiger partial charge < -0.3 is 20.7 Å². The molecule has 5 N–H and O–H groups in total. The number of aryl methyl sites for hydroxylation is 2. The number of halogens is 1. The van der Waals surface area contributed by atoms with Crippen LogP contribution in [-0.2, 0) is 4.79 Å². The highest BCUT2D eigenvalue weighted by molar-refractivity contribution is 6.02. The number of aromatic hydroxyl groups is 1. The Morgan fingerprint density at radius 3 is 2.64 bits per heavy atom. The van der Waals surface area contributed by atoms with E-state index in [1.54, 1.807) is 12.3 Å². The Balaban J connectivity index is 1.23. The predicted molar refractivity (Wildman–Crippen MR) is 172 cm³/mol. The Morgan fingerprint density at radius 1 is 0.977 bits per heavy atom. The molecule has 8 nitrogen and oxygen atoms in total. The summed E-state index contributed by atoms with van der Waals surface area (Å²) in [5, 5.41) is 25.8. The molecule has 0 aliphatic carbocycles.